The predicted molar refractivity (Wildman–Crippen MR) is 95.1 cm³/mol. The van der Waals surface area contributed by atoms with Gasteiger partial charge in [0.1, 0.15) is 0 Å². The summed E-state index contributed by atoms with van der Waals surface area (Å²) in [5.74, 6) is 0. The average Bonchev–Trinajstić information content (AvgIpc) is 3.11. The molecule has 1 aromatic carbocycles. The van der Waals surface area contributed by atoms with Crippen molar-refractivity contribution in [3.63, 3.8) is 0 Å². The van der Waals surface area contributed by atoms with Crippen LogP contribution in [0.1, 0.15) is 24.8 Å². The lowest BCUT2D eigenvalue weighted by Crippen LogP contribution is -2.39. The van der Waals surface area contributed by atoms with Crippen LogP contribution in [-0.4, -0.2) is 46.9 Å². The number of benzene rings is 1. The van der Waals surface area contributed by atoms with Crippen LogP contribution >= 0.6 is 0 Å². The van der Waals surface area contributed by atoms with Gasteiger partial charge in [0, 0.05) is 31.2 Å². The molecule has 1 aliphatic heterocycles. The zero-order valence-electron chi connectivity index (χ0n) is 13.9. The number of hydrogen-bond acceptors (Lipinski definition) is 3. The third kappa shape index (κ3) is 5.09. The third-order valence-corrected chi connectivity index (χ3v) is 4.28. The second-order valence-corrected chi connectivity index (χ2v) is 6.18. The first-order valence-corrected chi connectivity index (χ1v) is 8.63. The summed E-state index contributed by atoms with van der Waals surface area (Å²) in [5.41, 5.74) is 1.95. The highest BCUT2D eigenvalue weighted by Crippen LogP contribution is 2.10. The molecular weight excluding hydrogens is 302 g/mol. The lowest BCUT2D eigenvalue weighted by Gasteiger charge is -2.26. The lowest BCUT2D eigenvalue weighted by molar-refractivity contribution is 0.224. The first-order chi connectivity index (χ1) is 11.8. The van der Waals surface area contributed by atoms with Crippen molar-refractivity contribution < 1.29 is 4.79 Å². The normalized spacial score (nSPS) is 15.2. The highest BCUT2D eigenvalue weighted by Gasteiger charge is 2.09. The lowest BCUT2D eigenvalue weighted by atomic mass is 10.1. The van der Waals surface area contributed by atoms with Crippen molar-refractivity contribution in [1.82, 2.24) is 20.0 Å². The number of carbonyl (C=O) groups excluding carboxylic acids is 1. The second-order valence-electron chi connectivity index (χ2n) is 6.18. The summed E-state index contributed by atoms with van der Waals surface area (Å²) >= 11 is 0. The Hall–Kier alpha value is -2.34. The van der Waals surface area contributed by atoms with Gasteiger partial charge in [-0.2, -0.15) is 5.10 Å². The zero-order chi connectivity index (χ0) is 16.6. The summed E-state index contributed by atoms with van der Waals surface area (Å²) in [5, 5.41) is 9.99. The van der Waals surface area contributed by atoms with E-state index in [4.69, 9.17) is 0 Å². The third-order valence-electron chi connectivity index (χ3n) is 4.28. The molecule has 2 N–H and O–H groups in total. The molecule has 6 nitrogen and oxygen atoms in total. The smallest absolute Gasteiger partial charge is 0.319 e. The van der Waals surface area contributed by atoms with Crippen LogP contribution < -0.4 is 10.6 Å². The van der Waals surface area contributed by atoms with Gasteiger partial charge in [-0.05, 0) is 49.7 Å². The Morgan fingerprint density at radius 1 is 1.12 bits per heavy atom. The summed E-state index contributed by atoms with van der Waals surface area (Å²) < 4.78 is 1.87. The number of piperidine rings is 1. The molecule has 1 aromatic heterocycles. The first-order valence-electron chi connectivity index (χ1n) is 8.63. The van der Waals surface area contributed by atoms with Crippen molar-refractivity contribution in [2.75, 3.05) is 31.5 Å². The van der Waals surface area contributed by atoms with Crippen molar-refractivity contribution in [2.45, 2.75) is 25.8 Å². The van der Waals surface area contributed by atoms with Gasteiger partial charge in [0.05, 0.1) is 6.54 Å². The minimum Gasteiger partial charge on any atom is -0.337 e. The molecule has 2 amide bonds. The Bertz CT molecular complexity index is 617. The maximum absolute atomic E-state index is 11.9. The number of aromatic nitrogens is 2. The van der Waals surface area contributed by atoms with Crippen LogP contribution in [0.3, 0.4) is 0 Å². The molecule has 0 bridgehead atoms. The SMILES string of the molecule is O=C(NCCN1CCCCC1)Nc1ccc(Cn2cccn2)cc1. The average molecular weight is 327 g/mol. The van der Waals surface area contributed by atoms with Crippen molar-refractivity contribution in [1.29, 1.82) is 0 Å². The molecule has 2 aromatic rings. The molecule has 128 valence electrons. The molecule has 0 aliphatic carbocycles. The van der Waals surface area contributed by atoms with Crippen molar-refractivity contribution >= 4 is 11.7 Å². The Labute approximate surface area is 142 Å². The fourth-order valence-electron chi connectivity index (χ4n) is 2.96. The Kier molecular flexibility index (Phi) is 5.85. The quantitative estimate of drug-likeness (QED) is 0.857. The molecule has 1 aliphatic rings. The molecule has 0 radical (unpaired) electrons. The number of hydrogen-bond donors (Lipinski definition) is 2. The molecule has 0 unspecified atom stereocenters. The first kappa shape index (κ1) is 16.5. The number of likely N-dealkylation sites (tertiary alicyclic amines) is 1. The monoisotopic (exact) mass is 327 g/mol. The van der Waals surface area contributed by atoms with Gasteiger partial charge in [-0.3, -0.25) is 4.68 Å². The van der Waals surface area contributed by atoms with E-state index in [1.807, 2.05) is 41.2 Å². The van der Waals surface area contributed by atoms with Crippen LogP contribution in [-0.2, 0) is 6.54 Å². The summed E-state index contributed by atoms with van der Waals surface area (Å²) in [6.07, 6.45) is 7.58. The van der Waals surface area contributed by atoms with E-state index in [0.29, 0.717) is 6.54 Å². The summed E-state index contributed by atoms with van der Waals surface area (Å²) in [4.78, 5) is 14.4. The van der Waals surface area contributed by atoms with E-state index in [0.717, 1.165) is 37.4 Å². The summed E-state index contributed by atoms with van der Waals surface area (Å²) in [7, 11) is 0. The number of nitrogens with one attached hydrogen (secondary N) is 2. The molecule has 1 saturated heterocycles. The zero-order valence-corrected chi connectivity index (χ0v) is 13.9. The van der Waals surface area contributed by atoms with Crippen LogP contribution in [0.5, 0.6) is 0 Å². The molecule has 6 heteroatoms. The highest BCUT2D eigenvalue weighted by molar-refractivity contribution is 5.89. The van der Waals surface area contributed by atoms with Gasteiger partial charge in [-0.1, -0.05) is 18.6 Å². The van der Waals surface area contributed by atoms with E-state index in [1.54, 1.807) is 6.20 Å². The topological polar surface area (TPSA) is 62.2 Å². The van der Waals surface area contributed by atoms with Crippen molar-refractivity contribution in [3.05, 3.63) is 48.3 Å². The maximum Gasteiger partial charge on any atom is 0.319 e. The largest absolute Gasteiger partial charge is 0.337 e. The summed E-state index contributed by atoms with van der Waals surface area (Å²) in [6.45, 7) is 4.65. The van der Waals surface area contributed by atoms with Crippen LogP contribution in [0, 0.1) is 0 Å². The number of amides is 2. The Balaban J connectivity index is 1.39. The van der Waals surface area contributed by atoms with E-state index >= 15 is 0 Å². The van der Waals surface area contributed by atoms with Gasteiger partial charge in [-0.15, -0.1) is 0 Å². The van der Waals surface area contributed by atoms with Gasteiger partial charge < -0.3 is 15.5 Å². The maximum atomic E-state index is 11.9. The fourth-order valence-corrected chi connectivity index (χ4v) is 2.96. The molecule has 1 fully saturated rings. The van der Waals surface area contributed by atoms with Crippen molar-refractivity contribution in [2.24, 2.45) is 0 Å². The standard InChI is InChI=1S/C18H25N5O/c24-18(19-10-14-22-11-2-1-3-12-22)21-17-7-5-16(6-8-17)15-23-13-4-9-20-23/h4-9,13H,1-3,10-12,14-15H2,(H2,19,21,24). The van der Waals surface area contributed by atoms with E-state index in [2.05, 4.69) is 20.6 Å². The van der Waals surface area contributed by atoms with E-state index < -0.39 is 0 Å². The van der Waals surface area contributed by atoms with Crippen molar-refractivity contribution in [3.8, 4) is 0 Å². The van der Waals surface area contributed by atoms with Gasteiger partial charge in [-0.25, -0.2) is 4.79 Å². The number of anilines is 1. The number of urea groups is 1. The molecular formula is C18H25N5O. The van der Waals surface area contributed by atoms with Gasteiger partial charge in [0.15, 0.2) is 0 Å². The van der Waals surface area contributed by atoms with Crippen LogP contribution in [0.2, 0.25) is 0 Å². The number of nitrogens with zero attached hydrogens (tertiary/aromatic N) is 3. The molecule has 0 spiro atoms. The predicted octanol–water partition coefficient (Wildman–Crippen LogP) is 2.54. The van der Waals surface area contributed by atoms with E-state index in [-0.39, 0.29) is 6.03 Å². The van der Waals surface area contributed by atoms with E-state index in [1.165, 1.54) is 19.3 Å². The molecule has 24 heavy (non-hydrogen) atoms. The Morgan fingerprint density at radius 2 is 1.92 bits per heavy atom. The fraction of sp³-hybridized carbons (Fsp3) is 0.444. The van der Waals surface area contributed by atoms with Gasteiger partial charge in [0.2, 0.25) is 0 Å². The molecule has 2 heterocycles. The Morgan fingerprint density at radius 3 is 2.62 bits per heavy atom. The minimum atomic E-state index is -0.146. The highest BCUT2D eigenvalue weighted by atomic mass is 16.2. The van der Waals surface area contributed by atoms with Crippen LogP contribution in [0.15, 0.2) is 42.7 Å². The van der Waals surface area contributed by atoms with Crippen LogP contribution in [0.25, 0.3) is 0 Å². The number of rotatable bonds is 6. The van der Waals surface area contributed by atoms with Gasteiger partial charge in [0.25, 0.3) is 0 Å². The minimum absolute atomic E-state index is 0.146. The molecule has 3 rings (SSSR count). The second kappa shape index (κ2) is 8.49. The summed E-state index contributed by atoms with van der Waals surface area (Å²) in [6, 6.07) is 9.61. The van der Waals surface area contributed by atoms with E-state index in [9.17, 15) is 4.79 Å². The molecule has 0 saturated carbocycles. The van der Waals surface area contributed by atoms with Gasteiger partial charge >= 0.3 is 6.03 Å². The number of carbonyl (C=O) groups is 1. The molecule has 0 atom stereocenters. The van der Waals surface area contributed by atoms with Crippen LogP contribution in [0.4, 0.5) is 10.5 Å².